The molecule has 0 unspecified atom stereocenters. The van der Waals surface area contributed by atoms with E-state index in [9.17, 15) is 0 Å². The van der Waals surface area contributed by atoms with E-state index in [1.807, 2.05) is 0 Å². The van der Waals surface area contributed by atoms with Crippen molar-refractivity contribution < 1.29 is 4.57 Å². The molecule has 24 heavy (non-hydrogen) atoms. The number of fused-ring (bicyclic) bond motifs is 3. The topological polar surface area (TPSA) is 8.29 Å². The fourth-order valence-corrected chi connectivity index (χ4v) is 3.52. The van der Waals surface area contributed by atoms with Crippen molar-refractivity contribution in [3.63, 3.8) is 0 Å². The van der Waals surface area contributed by atoms with Gasteiger partial charge in [0, 0.05) is 17.0 Å². The Hall–Kier alpha value is -3.13. The van der Waals surface area contributed by atoms with Crippen LogP contribution in [0.5, 0.6) is 0 Å². The van der Waals surface area contributed by atoms with Gasteiger partial charge < -0.3 is 0 Å². The molecule has 2 nitrogen and oxygen atoms in total. The molecule has 0 atom stereocenters. The minimum Gasteiger partial charge on any atom is -0.226 e. The predicted molar refractivity (Wildman–Crippen MR) is 98.1 cm³/mol. The van der Waals surface area contributed by atoms with E-state index < -0.39 is 0 Å². The number of hydrogen-bond acceptors (Lipinski definition) is 0. The number of imidazole rings is 1. The SMILES string of the molecule is c1ccc2cn3cc[n+](Cc4cccc5ccccc45)c3cc2c1. The van der Waals surface area contributed by atoms with Gasteiger partial charge in [-0.3, -0.25) is 0 Å². The smallest absolute Gasteiger partial charge is 0.226 e. The molecule has 0 radical (unpaired) electrons. The highest BCUT2D eigenvalue weighted by Crippen LogP contribution is 2.19. The number of hydrogen-bond donors (Lipinski definition) is 0. The third-order valence-electron chi connectivity index (χ3n) is 4.75. The Morgan fingerprint density at radius 3 is 2.42 bits per heavy atom. The molecule has 0 aliphatic carbocycles. The Morgan fingerprint density at radius 1 is 0.750 bits per heavy atom. The normalized spacial score (nSPS) is 11.5. The number of rotatable bonds is 2. The van der Waals surface area contributed by atoms with Crippen molar-refractivity contribution in [2.24, 2.45) is 0 Å². The molecule has 114 valence electrons. The molecular formula is C22H17N2+. The predicted octanol–water partition coefficient (Wildman–Crippen LogP) is 4.58. The number of pyridine rings is 1. The second-order valence-corrected chi connectivity index (χ2v) is 6.23. The summed E-state index contributed by atoms with van der Waals surface area (Å²) in [4.78, 5) is 0. The molecule has 0 aliphatic heterocycles. The van der Waals surface area contributed by atoms with E-state index in [-0.39, 0.29) is 0 Å². The Morgan fingerprint density at radius 2 is 1.50 bits per heavy atom. The van der Waals surface area contributed by atoms with Gasteiger partial charge in [0.25, 0.3) is 5.65 Å². The fourth-order valence-electron chi connectivity index (χ4n) is 3.52. The maximum Gasteiger partial charge on any atom is 0.287 e. The molecule has 5 rings (SSSR count). The second-order valence-electron chi connectivity index (χ2n) is 6.23. The highest BCUT2D eigenvalue weighted by molar-refractivity contribution is 5.86. The van der Waals surface area contributed by atoms with Crippen molar-refractivity contribution in [3.05, 3.63) is 97.0 Å². The molecule has 3 aromatic carbocycles. The summed E-state index contributed by atoms with van der Waals surface area (Å²) < 4.78 is 4.52. The minimum atomic E-state index is 0.871. The van der Waals surface area contributed by atoms with Gasteiger partial charge in [-0.2, -0.15) is 0 Å². The summed E-state index contributed by atoms with van der Waals surface area (Å²) in [5.41, 5.74) is 2.56. The van der Waals surface area contributed by atoms with Crippen molar-refractivity contribution in [1.29, 1.82) is 0 Å². The molecular weight excluding hydrogens is 292 g/mol. The van der Waals surface area contributed by atoms with Crippen molar-refractivity contribution in [1.82, 2.24) is 4.40 Å². The molecule has 2 heterocycles. The van der Waals surface area contributed by atoms with Crippen LogP contribution in [-0.2, 0) is 6.54 Å². The first-order valence-electron chi connectivity index (χ1n) is 8.24. The summed E-state index contributed by atoms with van der Waals surface area (Å²) in [6, 6.07) is 25.9. The molecule has 0 aliphatic rings. The molecule has 0 amide bonds. The zero-order chi connectivity index (χ0) is 15.9. The van der Waals surface area contributed by atoms with Gasteiger partial charge in [-0.15, -0.1) is 0 Å². The third-order valence-corrected chi connectivity index (χ3v) is 4.75. The summed E-state index contributed by atoms with van der Waals surface area (Å²) in [6.07, 6.45) is 6.49. The lowest BCUT2D eigenvalue weighted by atomic mass is 10.0. The Kier molecular flexibility index (Phi) is 2.89. The van der Waals surface area contributed by atoms with Crippen LogP contribution in [0.4, 0.5) is 0 Å². The van der Waals surface area contributed by atoms with E-state index >= 15 is 0 Å². The Balaban J connectivity index is 1.67. The van der Waals surface area contributed by atoms with Crippen LogP contribution < -0.4 is 4.57 Å². The average Bonchev–Trinajstić information content (AvgIpc) is 3.02. The van der Waals surface area contributed by atoms with Gasteiger partial charge in [-0.05, 0) is 16.2 Å². The van der Waals surface area contributed by atoms with E-state index in [1.165, 1.54) is 32.8 Å². The molecule has 0 saturated heterocycles. The molecule has 5 aromatic rings. The van der Waals surface area contributed by atoms with Crippen LogP contribution in [0, 0.1) is 0 Å². The standard InChI is InChI=1S/C22H17N2/c1-2-8-19-15-23-12-13-24(22(23)14-18(19)7-1)16-20-10-5-9-17-6-3-4-11-21(17)20/h1-15H,16H2/q+1. The van der Waals surface area contributed by atoms with Crippen LogP contribution in [0.15, 0.2) is 91.4 Å². The zero-order valence-electron chi connectivity index (χ0n) is 13.3. The lowest BCUT2D eigenvalue weighted by molar-refractivity contribution is -0.661. The van der Waals surface area contributed by atoms with Crippen LogP contribution in [0.25, 0.3) is 27.2 Å². The average molecular weight is 309 g/mol. The van der Waals surface area contributed by atoms with E-state index in [2.05, 4.69) is 100 Å². The van der Waals surface area contributed by atoms with Crippen LogP contribution >= 0.6 is 0 Å². The van der Waals surface area contributed by atoms with Crippen molar-refractivity contribution >= 4 is 27.2 Å². The van der Waals surface area contributed by atoms with Crippen molar-refractivity contribution in [2.45, 2.75) is 6.54 Å². The first kappa shape index (κ1) is 13.3. The largest absolute Gasteiger partial charge is 0.287 e. The Bertz CT molecular complexity index is 1180. The van der Waals surface area contributed by atoms with Gasteiger partial charge in [0.1, 0.15) is 25.1 Å². The van der Waals surface area contributed by atoms with E-state index in [0.717, 1.165) is 6.54 Å². The lowest BCUT2D eigenvalue weighted by Crippen LogP contribution is -2.32. The number of nitrogens with zero attached hydrogens (tertiary/aromatic N) is 2. The summed E-state index contributed by atoms with van der Waals surface area (Å²) in [7, 11) is 0. The minimum absolute atomic E-state index is 0.871. The quantitative estimate of drug-likeness (QED) is 0.422. The monoisotopic (exact) mass is 309 g/mol. The molecule has 0 N–H and O–H groups in total. The van der Waals surface area contributed by atoms with E-state index in [4.69, 9.17) is 0 Å². The zero-order valence-corrected chi connectivity index (χ0v) is 13.3. The molecule has 0 spiro atoms. The van der Waals surface area contributed by atoms with Crippen LogP contribution in [0.2, 0.25) is 0 Å². The second kappa shape index (κ2) is 5.20. The van der Waals surface area contributed by atoms with Crippen LogP contribution in [-0.4, -0.2) is 4.40 Å². The van der Waals surface area contributed by atoms with Gasteiger partial charge in [-0.1, -0.05) is 66.7 Å². The van der Waals surface area contributed by atoms with Gasteiger partial charge in [0.05, 0.1) is 0 Å². The summed E-state index contributed by atoms with van der Waals surface area (Å²) >= 11 is 0. The molecule has 2 heteroatoms. The van der Waals surface area contributed by atoms with Gasteiger partial charge in [0.15, 0.2) is 0 Å². The summed E-state index contributed by atoms with van der Waals surface area (Å²) in [6.45, 7) is 0.871. The number of benzene rings is 3. The highest BCUT2D eigenvalue weighted by atomic mass is 15.1. The third kappa shape index (κ3) is 2.08. The van der Waals surface area contributed by atoms with E-state index in [1.54, 1.807) is 0 Å². The number of aromatic nitrogens is 2. The molecule has 0 fully saturated rings. The maximum atomic E-state index is 2.31. The lowest BCUT2D eigenvalue weighted by Gasteiger charge is -2.05. The first-order valence-corrected chi connectivity index (χ1v) is 8.24. The van der Waals surface area contributed by atoms with Gasteiger partial charge >= 0.3 is 0 Å². The van der Waals surface area contributed by atoms with E-state index in [0.29, 0.717) is 0 Å². The van der Waals surface area contributed by atoms with Crippen molar-refractivity contribution in [3.8, 4) is 0 Å². The molecule has 0 saturated carbocycles. The summed E-state index contributed by atoms with van der Waals surface area (Å²) in [5, 5.41) is 5.16. The van der Waals surface area contributed by atoms with Crippen LogP contribution in [0.3, 0.4) is 0 Å². The van der Waals surface area contributed by atoms with Gasteiger partial charge in [-0.25, -0.2) is 8.97 Å². The van der Waals surface area contributed by atoms with Crippen LogP contribution in [0.1, 0.15) is 5.56 Å². The van der Waals surface area contributed by atoms with Gasteiger partial charge in [0.2, 0.25) is 0 Å². The summed E-state index contributed by atoms with van der Waals surface area (Å²) in [5.74, 6) is 0. The first-order chi connectivity index (χ1) is 11.9. The maximum absolute atomic E-state index is 2.31. The molecule has 2 aromatic heterocycles. The van der Waals surface area contributed by atoms with Crippen molar-refractivity contribution in [2.75, 3.05) is 0 Å². The molecule has 0 bridgehead atoms. The fraction of sp³-hybridized carbons (Fsp3) is 0.0455. The Labute approximate surface area is 140 Å². The highest BCUT2D eigenvalue weighted by Gasteiger charge is 2.12.